The first-order chi connectivity index (χ1) is 16.3. The summed E-state index contributed by atoms with van der Waals surface area (Å²) < 4.78 is 3.04. The zero-order valence-electron chi connectivity index (χ0n) is 18.4. The Hall–Kier alpha value is -2.20. The Balaban J connectivity index is 1.38. The number of thiazole rings is 1. The second-order valence-electron chi connectivity index (χ2n) is 7.84. The van der Waals surface area contributed by atoms with Crippen LogP contribution in [0.5, 0.6) is 5.75 Å². The van der Waals surface area contributed by atoms with E-state index in [0.717, 1.165) is 31.5 Å². The van der Waals surface area contributed by atoms with Crippen molar-refractivity contribution in [3.8, 4) is 5.75 Å². The molecule has 0 radical (unpaired) electrons. The number of aromatic nitrogens is 1. The van der Waals surface area contributed by atoms with Crippen molar-refractivity contribution in [1.82, 2.24) is 4.98 Å². The van der Waals surface area contributed by atoms with Crippen molar-refractivity contribution in [2.45, 2.75) is 24.1 Å². The molecule has 0 unspecified atom stereocenters. The number of benzene rings is 3. The normalized spacial score (nSPS) is 11.6. The number of hydrogen-bond donors (Lipinski definition) is 2. The largest absolute Gasteiger partial charge is 0.506 e. The number of carbonyl (C=O) groups excluding carboxylic acids is 1. The summed E-state index contributed by atoms with van der Waals surface area (Å²) in [5, 5.41) is 12.8. The zero-order valence-corrected chi connectivity index (χ0v) is 23.2. The van der Waals surface area contributed by atoms with Crippen molar-refractivity contribution in [1.29, 1.82) is 0 Å². The predicted octanol–water partition coefficient (Wildman–Crippen LogP) is 8.13. The summed E-state index contributed by atoms with van der Waals surface area (Å²) in [5.74, 6) is 0.855. The molecule has 3 aromatic carbocycles. The lowest BCUT2D eigenvalue weighted by molar-refractivity contribution is -0.113. The Morgan fingerprint density at radius 3 is 2.53 bits per heavy atom. The van der Waals surface area contributed by atoms with Gasteiger partial charge in [-0.05, 0) is 91.4 Å². The van der Waals surface area contributed by atoms with Gasteiger partial charge in [0.25, 0.3) is 0 Å². The van der Waals surface area contributed by atoms with Crippen molar-refractivity contribution in [3.63, 3.8) is 0 Å². The highest BCUT2D eigenvalue weighted by atomic mass is 79.9. The number of rotatable bonds is 7. The molecule has 0 bridgehead atoms. The van der Waals surface area contributed by atoms with Gasteiger partial charge in [-0.3, -0.25) is 9.79 Å². The molecule has 0 atom stereocenters. The Morgan fingerprint density at radius 2 is 1.85 bits per heavy atom. The van der Waals surface area contributed by atoms with Crippen molar-refractivity contribution in [2.75, 3.05) is 11.1 Å². The Bertz CT molecular complexity index is 1350. The minimum absolute atomic E-state index is 0.0574. The summed E-state index contributed by atoms with van der Waals surface area (Å²) >= 11 is 9.63. The molecule has 4 aromatic rings. The Morgan fingerprint density at radius 1 is 1.15 bits per heavy atom. The van der Waals surface area contributed by atoms with Gasteiger partial charge < -0.3 is 10.4 Å². The molecule has 5 nitrogen and oxygen atoms in total. The molecule has 1 amide bonds. The molecule has 1 aromatic heterocycles. The van der Waals surface area contributed by atoms with E-state index in [0.29, 0.717) is 20.6 Å². The van der Waals surface area contributed by atoms with E-state index in [2.05, 4.69) is 61.0 Å². The first-order valence-electron chi connectivity index (χ1n) is 10.4. The lowest BCUT2D eigenvalue weighted by atomic mass is 10.0. The maximum absolute atomic E-state index is 12.4. The van der Waals surface area contributed by atoms with E-state index in [1.165, 1.54) is 17.3 Å². The first kappa shape index (κ1) is 24.9. The molecule has 0 aliphatic rings. The van der Waals surface area contributed by atoms with Crippen LogP contribution in [0, 0.1) is 0 Å². The van der Waals surface area contributed by atoms with Crippen LogP contribution in [0.25, 0.3) is 10.2 Å². The van der Waals surface area contributed by atoms with Crippen molar-refractivity contribution in [2.24, 2.45) is 4.99 Å². The molecule has 2 N–H and O–H groups in total. The summed E-state index contributed by atoms with van der Waals surface area (Å²) in [6.07, 6.45) is 1.74. The number of nitrogens with one attached hydrogen (secondary N) is 1. The van der Waals surface area contributed by atoms with Gasteiger partial charge in [0.1, 0.15) is 5.75 Å². The number of amides is 1. The highest BCUT2D eigenvalue weighted by Crippen LogP contribution is 2.34. The monoisotopic (exact) mass is 617 g/mol. The smallest absolute Gasteiger partial charge is 0.234 e. The lowest BCUT2D eigenvalue weighted by Crippen LogP contribution is -2.13. The van der Waals surface area contributed by atoms with Gasteiger partial charge in [-0.15, -0.1) is 11.3 Å². The number of nitrogens with zero attached hydrogens (tertiary/aromatic N) is 2. The molecule has 0 saturated carbocycles. The number of hydrogen-bond acceptors (Lipinski definition) is 6. The number of phenols is 1. The fourth-order valence-corrected chi connectivity index (χ4v) is 6.24. The molecular formula is C25H21Br2N3O2S2. The quantitative estimate of drug-likeness (QED) is 0.162. The standard InChI is InChI=1S/C25H21Br2N3O2S2/c1-14(2)16-3-5-17(6-4-16)29-23(31)13-33-25-30-21-8-7-18(11-22(21)34-25)28-12-15-9-19(26)24(32)20(27)10-15/h3-12,14,32H,13H2,1-2H3,(H,29,31). The van der Waals surface area contributed by atoms with Crippen LogP contribution in [-0.4, -0.2) is 28.0 Å². The van der Waals surface area contributed by atoms with Gasteiger partial charge in [-0.1, -0.05) is 37.7 Å². The van der Waals surface area contributed by atoms with Crippen molar-refractivity contribution in [3.05, 3.63) is 74.7 Å². The average molecular weight is 619 g/mol. The van der Waals surface area contributed by atoms with Gasteiger partial charge in [0.05, 0.1) is 30.6 Å². The molecule has 174 valence electrons. The fourth-order valence-electron chi connectivity index (χ4n) is 3.12. The van der Waals surface area contributed by atoms with Crippen molar-refractivity contribution < 1.29 is 9.90 Å². The van der Waals surface area contributed by atoms with E-state index in [1.54, 1.807) is 29.7 Å². The number of aromatic hydroxyl groups is 1. The SMILES string of the molecule is CC(C)c1ccc(NC(=O)CSc2nc3ccc(N=Cc4cc(Br)c(O)c(Br)c4)cc3s2)cc1. The predicted molar refractivity (Wildman–Crippen MR) is 150 cm³/mol. The minimum atomic E-state index is -0.0574. The molecule has 9 heteroatoms. The van der Waals surface area contributed by atoms with Crippen molar-refractivity contribution >= 4 is 88.7 Å². The Kier molecular flexibility index (Phi) is 8.08. The summed E-state index contributed by atoms with van der Waals surface area (Å²) in [6.45, 7) is 4.29. The lowest BCUT2D eigenvalue weighted by Gasteiger charge is -2.08. The van der Waals surface area contributed by atoms with E-state index in [9.17, 15) is 9.90 Å². The van der Waals surface area contributed by atoms with Gasteiger partial charge in [0.2, 0.25) is 5.91 Å². The number of phenolic OH excluding ortho intramolecular Hbond substituents is 1. The second kappa shape index (κ2) is 11.0. The van der Waals surface area contributed by atoms with Gasteiger partial charge in [-0.25, -0.2) is 4.98 Å². The van der Waals surface area contributed by atoms with E-state index >= 15 is 0 Å². The molecule has 0 spiro atoms. The van der Waals surface area contributed by atoms with Crippen LogP contribution in [0.2, 0.25) is 0 Å². The molecule has 1 heterocycles. The third kappa shape index (κ3) is 6.27. The van der Waals surface area contributed by atoms with Crippen LogP contribution < -0.4 is 5.32 Å². The molecule has 34 heavy (non-hydrogen) atoms. The highest BCUT2D eigenvalue weighted by molar-refractivity contribution is 9.11. The van der Waals surface area contributed by atoms with E-state index in [1.807, 2.05) is 42.5 Å². The molecular weight excluding hydrogens is 598 g/mol. The number of carbonyl (C=O) groups is 1. The van der Waals surface area contributed by atoms with Crippen LogP contribution in [0.15, 0.2) is 72.9 Å². The minimum Gasteiger partial charge on any atom is -0.506 e. The summed E-state index contributed by atoms with van der Waals surface area (Å²) in [7, 11) is 0. The Labute approximate surface area is 223 Å². The third-order valence-corrected chi connectivity index (χ3v) is 8.31. The van der Waals surface area contributed by atoms with E-state index in [-0.39, 0.29) is 11.7 Å². The number of thioether (sulfide) groups is 1. The summed E-state index contributed by atoms with van der Waals surface area (Å²) in [4.78, 5) is 21.5. The number of anilines is 1. The zero-order chi connectivity index (χ0) is 24.2. The maximum Gasteiger partial charge on any atom is 0.234 e. The van der Waals surface area contributed by atoms with Crippen LogP contribution in [0.1, 0.15) is 30.9 Å². The van der Waals surface area contributed by atoms with Gasteiger partial charge in [0, 0.05) is 11.9 Å². The number of aliphatic imine (C=N–C) groups is 1. The first-order valence-corrected chi connectivity index (χ1v) is 13.8. The number of halogens is 2. The van der Waals surface area contributed by atoms with Crippen LogP contribution >= 0.6 is 55.0 Å². The van der Waals surface area contributed by atoms with Gasteiger partial charge in [0.15, 0.2) is 4.34 Å². The topological polar surface area (TPSA) is 74.6 Å². The molecule has 0 aliphatic heterocycles. The highest BCUT2D eigenvalue weighted by Gasteiger charge is 2.10. The van der Waals surface area contributed by atoms with E-state index < -0.39 is 0 Å². The molecule has 4 rings (SSSR count). The summed E-state index contributed by atoms with van der Waals surface area (Å²) in [6, 6.07) is 17.4. The average Bonchev–Trinajstić information content (AvgIpc) is 3.22. The van der Waals surface area contributed by atoms with Crippen LogP contribution in [-0.2, 0) is 4.79 Å². The fraction of sp³-hybridized carbons (Fsp3) is 0.160. The maximum atomic E-state index is 12.4. The summed E-state index contributed by atoms with van der Waals surface area (Å²) in [5.41, 5.74) is 4.58. The number of fused-ring (bicyclic) bond motifs is 1. The van der Waals surface area contributed by atoms with Gasteiger partial charge >= 0.3 is 0 Å². The third-order valence-electron chi connectivity index (χ3n) is 4.94. The molecule has 0 aliphatic carbocycles. The second-order valence-corrected chi connectivity index (χ2v) is 11.8. The van der Waals surface area contributed by atoms with Crippen LogP contribution in [0.3, 0.4) is 0 Å². The van der Waals surface area contributed by atoms with E-state index in [4.69, 9.17) is 0 Å². The molecule has 0 saturated heterocycles. The molecule has 0 fully saturated rings. The van der Waals surface area contributed by atoms with Crippen LogP contribution in [0.4, 0.5) is 11.4 Å². The van der Waals surface area contributed by atoms with Gasteiger partial charge in [-0.2, -0.15) is 0 Å².